The Hall–Kier alpha value is -3.31. The smallest absolute Gasteiger partial charge is 0.265 e. The van der Waals surface area contributed by atoms with E-state index in [1.807, 2.05) is 31.2 Å². The van der Waals surface area contributed by atoms with Crippen molar-refractivity contribution in [3.63, 3.8) is 0 Å². The third-order valence-electron chi connectivity index (χ3n) is 4.32. The summed E-state index contributed by atoms with van der Waals surface area (Å²) in [4.78, 5) is 24.7. The van der Waals surface area contributed by atoms with Crippen LogP contribution in [-0.2, 0) is 4.79 Å². The number of nitrogens with one attached hydrogen (secondary N) is 2. The summed E-state index contributed by atoms with van der Waals surface area (Å²) in [6, 6.07) is 21.2. The van der Waals surface area contributed by atoms with E-state index < -0.39 is 6.10 Å². The van der Waals surface area contributed by atoms with Gasteiger partial charge in [-0.3, -0.25) is 9.59 Å². The third-order valence-corrected chi connectivity index (χ3v) is 4.65. The van der Waals surface area contributed by atoms with E-state index in [4.69, 9.17) is 16.3 Å². The monoisotopic (exact) mass is 408 g/mol. The van der Waals surface area contributed by atoms with E-state index in [0.29, 0.717) is 22.0 Å². The van der Waals surface area contributed by atoms with E-state index in [2.05, 4.69) is 10.6 Å². The highest BCUT2D eigenvalue weighted by atomic mass is 35.5. The quantitative estimate of drug-likeness (QED) is 0.581. The van der Waals surface area contributed by atoms with Gasteiger partial charge in [0.25, 0.3) is 11.8 Å². The number of rotatable bonds is 6. The van der Waals surface area contributed by atoms with Crippen LogP contribution in [0.2, 0.25) is 5.02 Å². The van der Waals surface area contributed by atoms with E-state index in [0.717, 1.165) is 11.3 Å². The van der Waals surface area contributed by atoms with Crippen molar-refractivity contribution < 1.29 is 14.3 Å². The van der Waals surface area contributed by atoms with Gasteiger partial charge in [0.1, 0.15) is 5.75 Å². The summed E-state index contributed by atoms with van der Waals surface area (Å²) in [6.07, 6.45) is -0.738. The molecule has 6 heteroatoms. The van der Waals surface area contributed by atoms with Crippen molar-refractivity contribution in [3.8, 4) is 5.75 Å². The SMILES string of the molecule is Cc1ccccc1NC(=O)c1ccc(O[C@H](C)C(=O)Nc2ccccc2Cl)cc1. The average molecular weight is 409 g/mol. The predicted molar refractivity (Wildman–Crippen MR) is 116 cm³/mol. The van der Waals surface area contributed by atoms with Gasteiger partial charge in [0.05, 0.1) is 10.7 Å². The van der Waals surface area contributed by atoms with Crippen LogP contribution in [-0.4, -0.2) is 17.9 Å². The van der Waals surface area contributed by atoms with Crippen LogP contribution in [0.25, 0.3) is 0 Å². The molecular formula is C23H21ClN2O3. The minimum atomic E-state index is -0.738. The molecule has 0 unspecified atom stereocenters. The van der Waals surface area contributed by atoms with Gasteiger partial charge in [0.2, 0.25) is 0 Å². The first-order valence-corrected chi connectivity index (χ1v) is 9.51. The Balaban J connectivity index is 1.59. The summed E-state index contributed by atoms with van der Waals surface area (Å²) < 4.78 is 5.67. The lowest BCUT2D eigenvalue weighted by atomic mass is 10.1. The van der Waals surface area contributed by atoms with E-state index in [-0.39, 0.29) is 11.8 Å². The number of amides is 2. The molecule has 2 amide bonds. The van der Waals surface area contributed by atoms with Gasteiger partial charge in [0.15, 0.2) is 6.10 Å². The van der Waals surface area contributed by atoms with Crippen molar-refractivity contribution in [2.45, 2.75) is 20.0 Å². The second-order valence-corrected chi connectivity index (χ2v) is 6.93. The standard InChI is InChI=1S/C23H21ClN2O3/c1-15-7-3-5-9-20(15)25-23(28)17-11-13-18(14-12-17)29-16(2)22(27)26-21-10-6-4-8-19(21)24/h3-14,16H,1-2H3,(H,25,28)(H,26,27)/t16-/m1/s1. The molecule has 0 radical (unpaired) electrons. The minimum Gasteiger partial charge on any atom is -0.481 e. The zero-order valence-corrected chi connectivity index (χ0v) is 16.9. The summed E-state index contributed by atoms with van der Waals surface area (Å²) in [5, 5.41) is 6.07. The first-order valence-electron chi connectivity index (χ1n) is 9.13. The Labute approximate surface area is 174 Å². The molecular weight excluding hydrogens is 388 g/mol. The number of hydrogen-bond donors (Lipinski definition) is 2. The van der Waals surface area contributed by atoms with Crippen LogP contribution in [0.15, 0.2) is 72.8 Å². The first kappa shape index (κ1) is 20.4. The number of hydrogen-bond acceptors (Lipinski definition) is 3. The minimum absolute atomic E-state index is 0.213. The Morgan fingerprint density at radius 1 is 0.862 bits per heavy atom. The molecule has 3 aromatic rings. The maximum atomic E-state index is 12.4. The first-order chi connectivity index (χ1) is 13.9. The van der Waals surface area contributed by atoms with Gasteiger partial charge in [0, 0.05) is 11.3 Å². The second-order valence-electron chi connectivity index (χ2n) is 6.52. The van der Waals surface area contributed by atoms with Crippen molar-refractivity contribution >= 4 is 34.8 Å². The van der Waals surface area contributed by atoms with E-state index >= 15 is 0 Å². The highest BCUT2D eigenvalue weighted by Crippen LogP contribution is 2.21. The molecule has 0 bridgehead atoms. The lowest BCUT2D eigenvalue weighted by molar-refractivity contribution is -0.122. The molecule has 0 aromatic heterocycles. The molecule has 0 saturated heterocycles. The highest BCUT2D eigenvalue weighted by Gasteiger charge is 2.16. The molecule has 0 aliphatic rings. The average Bonchev–Trinajstić information content (AvgIpc) is 2.72. The molecule has 0 aliphatic carbocycles. The zero-order valence-electron chi connectivity index (χ0n) is 16.1. The summed E-state index contributed by atoms with van der Waals surface area (Å²) in [6.45, 7) is 3.58. The maximum Gasteiger partial charge on any atom is 0.265 e. The van der Waals surface area contributed by atoms with Crippen LogP contribution < -0.4 is 15.4 Å². The van der Waals surface area contributed by atoms with Crippen LogP contribution in [0.3, 0.4) is 0 Å². The third kappa shape index (κ3) is 5.36. The lowest BCUT2D eigenvalue weighted by Crippen LogP contribution is -2.30. The molecule has 29 heavy (non-hydrogen) atoms. The molecule has 5 nitrogen and oxygen atoms in total. The predicted octanol–water partition coefficient (Wildman–Crippen LogP) is 5.31. The largest absolute Gasteiger partial charge is 0.481 e. The van der Waals surface area contributed by atoms with Crippen molar-refractivity contribution in [1.82, 2.24) is 0 Å². The molecule has 0 heterocycles. The fourth-order valence-electron chi connectivity index (χ4n) is 2.65. The molecule has 148 valence electrons. The zero-order chi connectivity index (χ0) is 20.8. The van der Waals surface area contributed by atoms with Crippen molar-refractivity contribution in [1.29, 1.82) is 0 Å². The molecule has 0 spiro atoms. The van der Waals surface area contributed by atoms with Gasteiger partial charge in [-0.15, -0.1) is 0 Å². The molecule has 0 saturated carbocycles. The van der Waals surface area contributed by atoms with Gasteiger partial charge in [-0.1, -0.05) is 41.9 Å². The van der Waals surface area contributed by atoms with Crippen molar-refractivity contribution in [2.24, 2.45) is 0 Å². The number of ether oxygens (including phenoxy) is 1. The van der Waals surface area contributed by atoms with Crippen molar-refractivity contribution in [2.75, 3.05) is 10.6 Å². The lowest BCUT2D eigenvalue weighted by Gasteiger charge is -2.15. The summed E-state index contributed by atoms with van der Waals surface area (Å²) in [5.41, 5.74) is 2.77. The van der Waals surface area contributed by atoms with Crippen molar-refractivity contribution in [3.05, 3.63) is 88.9 Å². The number of para-hydroxylation sites is 2. The van der Waals surface area contributed by atoms with Crippen LogP contribution in [0.1, 0.15) is 22.8 Å². The van der Waals surface area contributed by atoms with Crippen LogP contribution in [0.5, 0.6) is 5.75 Å². The Morgan fingerprint density at radius 2 is 1.48 bits per heavy atom. The number of carbonyl (C=O) groups excluding carboxylic acids is 2. The Morgan fingerprint density at radius 3 is 2.14 bits per heavy atom. The molecule has 1 atom stereocenters. The van der Waals surface area contributed by atoms with Crippen LogP contribution in [0, 0.1) is 6.92 Å². The Kier molecular flexibility index (Phi) is 6.52. The molecule has 3 rings (SSSR count). The van der Waals surface area contributed by atoms with Gasteiger partial charge in [-0.25, -0.2) is 0 Å². The van der Waals surface area contributed by atoms with Gasteiger partial charge < -0.3 is 15.4 Å². The topological polar surface area (TPSA) is 67.4 Å². The number of aryl methyl sites for hydroxylation is 1. The van der Waals surface area contributed by atoms with Gasteiger partial charge in [-0.05, 0) is 61.9 Å². The fraction of sp³-hybridized carbons (Fsp3) is 0.130. The van der Waals surface area contributed by atoms with E-state index in [1.54, 1.807) is 55.5 Å². The van der Waals surface area contributed by atoms with Gasteiger partial charge >= 0.3 is 0 Å². The second kappa shape index (κ2) is 9.26. The van der Waals surface area contributed by atoms with E-state index in [1.165, 1.54) is 0 Å². The van der Waals surface area contributed by atoms with Gasteiger partial charge in [-0.2, -0.15) is 0 Å². The number of anilines is 2. The maximum absolute atomic E-state index is 12.4. The number of halogens is 1. The Bertz CT molecular complexity index is 1020. The normalized spacial score (nSPS) is 11.4. The molecule has 2 N–H and O–H groups in total. The van der Waals surface area contributed by atoms with E-state index in [9.17, 15) is 9.59 Å². The summed E-state index contributed by atoms with van der Waals surface area (Å²) in [7, 11) is 0. The van der Waals surface area contributed by atoms with Crippen LogP contribution in [0.4, 0.5) is 11.4 Å². The number of carbonyl (C=O) groups is 2. The summed E-state index contributed by atoms with van der Waals surface area (Å²) in [5.74, 6) is -0.0471. The highest BCUT2D eigenvalue weighted by molar-refractivity contribution is 6.33. The number of benzene rings is 3. The molecule has 0 aliphatic heterocycles. The summed E-state index contributed by atoms with van der Waals surface area (Å²) >= 11 is 6.05. The molecule has 3 aromatic carbocycles. The molecule has 0 fully saturated rings. The fourth-order valence-corrected chi connectivity index (χ4v) is 2.83. The van der Waals surface area contributed by atoms with Crippen LogP contribution >= 0.6 is 11.6 Å².